The van der Waals surface area contributed by atoms with Gasteiger partial charge in [-0.1, -0.05) is 6.07 Å². The third-order valence-electron chi connectivity index (χ3n) is 2.37. The molecule has 3 nitrogen and oxygen atoms in total. The molecule has 0 amide bonds. The van der Waals surface area contributed by atoms with Gasteiger partial charge in [-0.3, -0.25) is 4.98 Å². The second-order valence-electron chi connectivity index (χ2n) is 3.56. The van der Waals surface area contributed by atoms with E-state index in [4.69, 9.17) is 4.74 Å². The van der Waals surface area contributed by atoms with E-state index in [1.54, 1.807) is 13.3 Å². The molecule has 0 bridgehead atoms. The number of hydrogen-bond acceptors (Lipinski definition) is 3. The number of benzene rings is 1. The van der Waals surface area contributed by atoms with Crippen molar-refractivity contribution in [3.8, 4) is 5.75 Å². The van der Waals surface area contributed by atoms with Gasteiger partial charge in [0, 0.05) is 30.7 Å². The predicted octanol–water partition coefficient (Wildman–Crippen LogP) is 3.46. The van der Waals surface area contributed by atoms with E-state index in [1.165, 1.54) is 0 Å². The number of rotatable bonds is 4. The second kappa shape index (κ2) is 5.68. The lowest BCUT2D eigenvalue weighted by molar-refractivity contribution is 0.412. The summed E-state index contributed by atoms with van der Waals surface area (Å²) in [5.74, 6) is 0.821. The first-order chi connectivity index (χ1) is 8.29. The molecule has 1 aromatic heterocycles. The second-order valence-corrected chi connectivity index (χ2v) is 4.42. The summed E-state index contributed by atoms with van der Waals surface area (Å²) >= 11 is 3.42. The quantitative estimate of drug-likeness (QED) is 0.937. The number of hydrogen-bond donors (Lipinski definition) is 1. The van der Waals surface area contributed by atoms with Gasteiger partial charge in [-0.25, -0.2) is 0 Å². The van der Waals surface area contributed by atoms with Crippen LogP contribution in [-0.4, -0.2) is 12.1 Å². The molecule has 0 saturated carbocycles. The number of anilines is 1. The molecule has 2 aromatic rings. The van der Waals surface area contributed by atoms with E-state index in [2.05, 4.69) is 26.2 Å². The van der Waals surface area contributed by atoms with Gasteiger partial charge in [-0.05, 0) is 39.7 Å². The third kappa shape index (κ3) is 3.20. The maximum atomic E-state index is 5.24. The summed E-state index contributed by atoms with van der Waals surface area (Å²) < 4.78 is 6.19. The molecule has 0 radical (unpaired) electrons. The van der Waals surface area contributed by atoms with Crippen LogP contribution < -0.4 is 10.1 Å². The Morgan fingerprint density at radius 3 is 2.94 bits per heavy atom. The van der Waals surface area contributed by atoms with Crippen molar-refractivity contribution in [1.82, 2.24) is 4.98 Å². The Balaban J connectivity index is 2.04. The lowest BCUT2D eigenvalue weighted by Crippen LogP contribution is -1.99. The van der Waals surface area contributed by atoms with Crippen molar-refractivity contribution in [3.63, 3.8) is 0 Å². The zero-order valence-electron chi connectivity index (χ0n) is 9.48. The van der Waals surface area contributed by atoms with Crippen LogP contribution in [0.1, 0.15) is 5.56 Å². The van der Waals surface area contributed by atoms with Gasteiger partial charge in [-0.2, -0.15) is 0 Å². The monoisotopic (exact) mass is 292 g/mol. The molecule has 0 aliphatic heterocycles. The molecule has 17 heavy (non-hydrogen) atoms. The van der Waals surface area contributed by atoms with Crippen LogP contribution >= 0.6 is 15.9 Å². The lowest BCUT2D eigenvalue weighted by atomic mass is 10.2. The SMILES string of the molecule is COc1cc(NCc2cccnc2)ccc1Br. The number of aromatic nitrogens is 1. The smallest absolute Gasteiger partial charge is 0.135 e. The maximum absolute atomic E-state index is 5.24. The van der Waals surface area contributed by atoms with Gasteiger partial charge in [0.1, 0.15) is 5.75 Å². The van der Waals surface area contributed by atoms with Crippen molar-refractivity contribution in [3.05, 3.63) is 52.8 Å². The Labute approximate surface area is 109 Å². The minimum absolute atomic E-state index is 0.749. The molecule has 1 N–H and O–H groups in total. The topological polar surface area (TPSA) is 34.1 Å². The number of nitrogens with zero attached hydrogens (tertiary/aromatic N) is 1. The van der Waals surface area contributed by atoms with Crippen LogP contribution in [0.2, 0.25) is 0 Å². The highest BCUT2D eigenvalue weighted by atomic mass is 79.9. The fraction of sp³-hybridized carbons (Fsp3) is 0.154. The van der Waals surface area contributed by atoms with Gasteiger partial charge in [0.15, 0.2) is 0 Å². The normalized spacial score (nSPS) is 10.0. The van der Waals surface area contributed by atoms with Gasteiger partial charge in [0.05, 0.1) is 11.6 Å². The van der Waals surface area contributed by atoms with Crippen LogP contribution in [0.4, 0.5) is 5.69 Å². The minimum atomic E-state index is 0.749. The van der Waals surface area contributed by atoms with Gasteiger partial charge in [0.2, 0.25) is 0 Å². The van der Waals surface area contributed by atoms with Crippen molar-refractivity contribution in [2.75, 3.05) is 12.4 Å². The summed E-state index contributed by atoms with van der Waals surface area (Å²) in [6.45, 7) is 0.749. The Morgan fingerprint density at radius 2 is 2.24 bits per heavy atom. The Bertz CT molecular complexity index is 488. The first-order valence-electron chi connectivity index (χ1n) is 5.26. The molecule has 2 rings (SSSR count). The molecule has 0 unspecified atom stereocenters. The van der Waals surface area contributed by atoms with Crippen LogP contribution in [0.15, 0.2) is 47.2 Å². The molecule has 0 atom stereocenters. The zero-order valence-corrected chi connectivity index (χ0v) is 11.1. The summed E-state index contributed by atoms with van der Waals surface area (Å²) in [4.78, 5) is 4.07. The van der Waals surface area contributed by atoms with Crippen LogP contribution in [0.3, 0.4) is 0 Å². The van der Waals surface area contributed by atoms with E-state index >= 15 is 0 Å². The molecule has 0 saturated heterocycles. The highest BCUT2D eigenvalue weighted by molar-refractivity contribution is 9.10. The Morgan fingerprint density at radius 1 is 1.35 bits per heavy atom. The summed E-state index contributed by atoms with van der Waals surface area (Å²) in [7, 11) is 1.66. The minimum Gasteiger partial charge on any atom is -0.495 e. The van der Waals surface area contributed by atoms with Crippen LogP contribution in [0, 0.1) is 0 Å². The summed E-state index contributed by atoms with van der Waals surface area (Å²) in [5.41, 5.74) is 2.17. The summed E-state index contributed by atoms with van der Waals surface area (Å²) in [5, 5.41) is 3.32. The molecule has 0 fully saturated rings. The summed E-state index contributed by atoms with van der Waals surface area (Å²) in [6.07, 6.45) is 3.62. The molecule has 1 aromatic carbocycles. The maximum Gasteiger partial charge on any atom is 0.135 e. The van der Waals surface area contributed by atoms with Gasteiger partial charge < -0.3 is 10.1 Å². The predicted molar refractivity (Wildman–Crippen MR) is 72.3 cm³/mol. The molecule has 4 heteroatoms. The molecular weight excluding hydrogens is 280 g/mol. The molecule has 0 spiro atoms. The van der Waals surface area contributed by atoms with E-state index in [9.17, 15) is 0 Å². The average molecular weight is 293 g/mol. The standard InChI is InChI=1S/C13H13BrN2O/c1-17-13-7-11(4-5-12(13)14)16-9-10-3-2-6-15-8-10/h2-8,16H,9H2,1H3. The van der Waals surface area contributed by atoms with E-state index in [1.807, 2.05) is 36.5 Å². The van der Waals surface area contributed by atoms with Crippen molar-refractivity contribution in [2.24, 2.45) is 0 Å². The molecule has 0 aliphatic rings. The van der Waals surface area contributed by atoms with E-state index in [0.29, 0.717) is 0 Å². The Kier molecular flexibility index (Phi) is 3.98. The first kappa shape index (κ1) is 11.9. The molecule has 88 valence electrons. The van der Waals surface area contributed by atoms with Gasteiger partial charge in [-0.15, -0.1) is 0 Å². The van der Waals surface area contributed by atoms with Crippen molar-refractivity contribution in [1.29, 1.82) is 0 Å². The number of halogens is 1. The molecule has 0 aliphatic carbocycles. The van der Waals surface area contributed by atoms with Crippen LogP contribution in [0.5, 0.6) is 5.75 Å². The van der Waals surface area contributed by atoms with Crippen LogP contribution in [-0.2, 0) is 6.54 Å². The first-order valence-corrected chi connectivity index (χ1v) is 6.05. The number of pyridine rings is 1. The highest BCUT2D eigenvalue weighted by Crippen LogP contribution is 2.27. The van der Waals surface area contributed by atoms with E-state index in [0.717, 1.165) is 28.0 Å². The van der Waals surface area contributed by atoms with Gasteiger partial charge in [0.25, 0.3) is 0 Å². The fourth-order valence-electron chi connectivity index (χ4n) is 1.48. The van der Waals surface area contributed by atoms with E-state index < -0.39 is 0 Å². The number of ether oxygens (including phenoxy) is 1. The van der Waals surface area contributed by atoms with E-state index in [-0.39, 0.29) is 0 Å². The van der Waals surface area contributed by atoms with Crippen molar-refractivity contribution < 1.29 is 4.74 Å². The highest BCUT2D eigenvalue weighted by Gasteiger charge is 2.01. The average Bonchev–Trinajstić information content (AvgIpc) is 2.39. The van der Waals surface area contributed by atoms with Crippen molar-refractivity contribution in [2.45, 2.75) is 6.54 Å². The lowest BCUT2D eigenvalue weighted by Gasteiger charge is -2.09. The molecular formula is C13H13BrN2O. The number of nitrogens with one attached hydrogen (secondary N) is 1. The largest absolute Gasteiger partial charge is 0.495 e. The number of methoxy groups -OCH3 is 1. The zero-order chi connectivity index (χ0) is 12.1. The molecule has 1 heterocycles. The van der Waals surface area contributed by atoms with Crippen molar-refractivity contribution >= 4 is 21.6 Å². The fourth-order valence-corrected chi connectivity index (χ4v) is 1.89. The van der Waals surface area contributed by atoms with Gasteiger partial charge >= 0.3 is 0 Å². The Hall–Kier alpha value is -1.55. The third-order valence-corrected chi connectivity index (χ3v) is 3.03. The van der Waals surface area contributed by atoms with Crippen LogP contribution in [0.25, 0.3) is 0 Å². The summed E-state index contributed by atoms with van der Waals surface area (Å²) in [6, 6.07) is 9.89.